The quantitative estimate of drug-likeness (QED) is 0.523. The highest BCUT2D eigenvalue weighted by Crippen LogP contribution is 2.35. The molecule has 26 heavy (non-hydrogen) atoms. The first kappa shape index (κ1) is 20.4. The Morgan fingerprint density at radius 2 is 1.46 bits per heavy atom. The summed E-state index contributed by atoms with van der Waals surface area (Å²) in [6.45, 7) is 10.6. The molecule has 0 saturated carbocycles. The first-order chi connectivity index (χ1) is 12.7. The summed E-state index contributed by atoms with van der Waals surface area (Å²) in [5.74, 6) is 4.07. The topological polar surface area (TPSA) is 27.7 Å². The Morgan fingerprint density at radius 3 is 2.08 bits per heavy atom. The fourth-order valence-corrected chi connectivity index (χ4v) is 5.11. The third-order valence-corrected chi connectivity index (χ3v) is 7.30. The Kier molecular flexibility index (Phi) is 8.48. The zero-order valence-electron chi connectivity index (χ0n) is 17.1. The van der Waals surface area contributed by atoms with Gasteiger partial charge in [-0.15, -0.1) is 0 Å². The van der Waals surface area contributed by atoms with Crippen LogP contribution >= 0.6 is 0 Å². The molecule has 0 aromatic carbocycles. The van der Waals surface area contributed by atoms with Crippen molar-refractivity contribution in [1.29, 1.82) is 0 Å². The molecule has 150 valence electrons. The molecule has 3 heteroatoms. The van der Waals surface area contributed by atoms with Crippen molar-refractivity contribution in [2.75, 3.05) is 39.6 Å². The second-order valence-corrected chi connectivity index (χ2v) is 8.98. The highest BCUT2D eigenvalue weighted by molar-refractivity contribution is 5.09. The standard InChI is InChI=1S/C23H40O3/c1-18(20-7-12-24-13-8-20)3-5-21(22-9-14-25-15-10-22)6-4-19(2)23-11-16-26-17-23/h9,18-21,23H,3-8,10-17H2,1-2H3. The molecule has 0 spiro atoms. The molecular weight excluding hydrogens is 324 g/mol. The van der Waals surface area contributed by atoms with Gasteiger partial charge >= 0.3 is 0 Å². The lowest BCUT2D eigenvalue weighted by molar-refractivity contribution is 0.0470. The highest BCUT2D eigenvalue weighted by atomic mass is 16.5. The van der Waals surface area contributed by atoms with E-state index in [4.69, 9.17) is 14.2 Å². The molecule has 0 amide bonds. The van der Waals surface area contributed by atoms with Crippen LogP contribution in [0, 0.1) is 29.6 Å². The Bertz CT molecular complexity index is 421. The van der Waals surface area contributed by atoms with Crippen molar-refractivity contribution in [2.45, 2.75) is 65.2 Å². The second-order valence-electron chi connectivity index (χ2n) is 8.98. The minimum absolute atomic E-state index is 0.769. The molecule has 0 bridgehead atoms. The van der Waals surface area contributed by atoms with Crippen molar-refractivity contribution in [3.05, 3.63) is 11.6 Å². The molecule has 0 radical (unpaired) electrons. The van der Waals surface area contributed by atoms with E-state index >= 15 is 0 Å². The number of hydrogen-bond donors (Lipinski definition) is 0. The van der Waals surface area contributed by atoms with Gasteiger partial charge in [0, 0.05) is 26.4 Å². The van der Waals surface area contributed by atoms with Crippen molar-refractivity contribution in [3.8, 4) is 0 Å². The minimum Gasteiger partial charge on any atom is -0.381 e. The molecule has 0 aromatic rings. The van der Waals surface area contributed by atoms with Crippen molar-refractivity contribution in [2.24, 2.45) is 29.6 Å². The van der Waals surface area contributed by atoms with Gasteiger partial charge in [-0.3, -0.25) is 0 Å². The van der Waals surface area contributed by atoms with Gasteiger partial charge in [0.1, 0.15) is 0 Å². The number of rotatable bonds is 9. The summed E-state index contributed by atoms with van der Waals surface area (Å²) in [5, 5.41) is 0. The van der Waals surface area contributed by atoms with Gasteiger partial charge in [0.2, 0.25) is 0 Å². The molecule has 4 atom stereocenters. The number of ether oxygens (including phenoxy) is 3. The predicted molar refractivity (Wildman–Crippen MR) is 106 cm³/mol. The van der Waals surface area contributed by atoms with Gasteiger partial charge in [-0.1, -0.05) is 25.5 Å². The Morgan fingerprint density at radius 1 is 0.808 bits per heavy atom. The fraction of sp³-hybridized carbons (Fsp3) is 0.913. The molecule has 3 nitrogen and oxygen atoms in total. The van der Waals surface area contributed by atoms with Gasteiger partial charge in [-0.05, 0) is 81.0 Å². The van der Waals surface area contributed by atoms with Crippen LogP contribution in [0.4, 0.5) is 0 Å². The van der Waals surface area contributed by atoms with E-state index in [0.29, 0.717) is 0 Å². The minimum atomic E-state index is 0.769. The van der Waals surface area contributed by atoms with Crippen molar-refractivity contribution < 1.29 is 14.2 Å². The van der Waals surface area contributed by atoms with Crippen molar-refractivity contribution in [3.63, 3.8) is 0 Å². The average molecular weight is 365 g/mol. The van der Waals surface area contributed by atoms with Crippen molar-refractivity contribution >= 4 is 0 Å². The van der Waals surface area contributed by atoms with Gasteiger partial charge in [-0.2, -0.15) is 0 Å². The highest BCUT2D eigenvalue weighted by Gasteiger charge is 2.26. The zero-order valence-corrected chi connectivity index (χ0v) is 17.1. The summed E-state index contributed by atoms with van der Waals surface area (Å²) in [4.78, 5) is 0. The van der Waals surface area contributed by atoms with Crippen LogP contribution in [0.25, 0.3) is 0 Å². The largest absolute Gasteiger partial charge is 0.381 e. The first-order valence-electron chi connectivity index (χ1n) is 11.2. The Hall–Kier alpha value is -0.380. The van der Waals surface area contributed by atoms with E-state index in [9.17, 15) is 0 Å². The van der Waals surface area contributed by atoms with Crippen molar-refractivity contribution in [1.82, 2.24) is 0 Å². The lowest BCUT2D eigenvalue weighted by Crippen LogP contribution is -2.23. The Labute approximate surface area is 160 Å². The smallest absolute Gasteiger partial charge is 0.0650 e. The third-order valence-electron chi connectivity index (χ3n) is 7.30. The van der Waals surface area contributed by atoms with Gasteiger partial charge < -0.3 is 14.2 Å². The molecule has 3 rings (SSSR count). The molecule has 0 N–H and O–H groups in total. The predicted octanol–water partition coefficient (Wildman–Crippen LogP) is 5.25. The Balaban J connectivity index is 1.50. The summed E-state index contributed by atoms with van der Waals surface area (Å²) in [6.07, 6.45) is 12.8. The normalized spacial score (nSPS) is 28.5. The van der Waals surface area contributed by atoms with Crippen LogP contribution in [0.3, 0.4) is 0 Å². The van der Waals surface area contributed by atoms with Gasteiger partial charge in [0.05, 0.1) is 13.2 Å². The van der Waals surface area contributed by atoms with E-state index in [2.05, 4.69) is 19.9 Å². The van der Waals surface area contributed by atoms with Crippen LogP contribution in [0.15, 0.2) is 11.6 Å². The molecule has 0 aromatic heterocycles. The summed E-state index contributed by atoms with van der Waals surface area (Å²) >= 11 is 0. The van der Waals surface area contributed by atoms with E-state index < -0.39 is 0 Å². The maximum absolute atomic E-state index is 5.61. The molecular formula is C23H40O3. The molecule has 3 aliphatic rings. The van der Waals surface area contributed by atoms with Gasteiger partial charge in [0.25, 0.3) is 0 Å². The maximum atomic E-state index is 5.61. The van der Waals surface area contributed by atoms with Gasteiger partial charge in [0.15, 0.2) is 0 Å². The molecule has 2 fully saturated rings. The van der Waals surface area contributed by atoms with Crippen LogP contribution in [0.5, 0.6) is 0 Å². The van der Waals surface area contributed by atoms with E-state index in [1.54, 1.807) is 5.57 Å². The van der Waals surface area contributed by atoms with E-state index in [0.717, 1.165) is 75.7 Å². The molecule has 3 heterocycles. The average Bonchev–Trinajstić information content (AvgIpc) is 3.24. The first-order valence-corrected chi connectivity index (χ1v) is 11.2. The third kappa shape index (κ3) is 6.07. The summed E-state index contributed by atoms with van der Waals surface area (Å²) in [6, 6.07) is 0. The monoisotopic (exact) mass is 364 g/mol. The molecule has 3 aliphatic heterocycles. The summed E-state index contributed by atoms with van der Waals surface area (Å²) in [7, 11) is 0. The van der Waals surface area contributed by atoms with E-state index in [-0.39, 0.29) is 0 Å². The number of hydrogen-bond acceptors (Lipinski definition) is 3. The van der Waals surface area contributed by atoms with Gasteiger partial charge in [-0.25, -0.2) is 0 Å². The molecule has 4 unspecified atom stereocenters. The molecule has 0 aliphatic carbocycles. The second kappa shape index (κ2) is 10.8. The van der Waals surface area contributed by atoms with Crippen LogP contribution < -0.4 is 0 Å². The van der Waals surface area contributed by atoms with Crippen LogP contribution in [-0.2, 0) is 14.2 Å². The van der Waals surface area contributed by atoms with E-state index in [1.165, 1.54) is 44.9 Å². The zero-order chi connectivity index (χ0) is 18.2. The lowest BCUT2D eigenvalue weighted by Gasteiger charge is -2.30. The lowest BCUT2D eigenvalue weighted by atomic mass is 9.78. The van der Waals surface area contributed by atoms with Crippen LogP contribution in [-0.4, -0.2) is 39.6 Å². The SMILES string of the molecule is CC(CCC(CCC(C)C1CCOC1)C1=CCOCC1)C1CCOCC1. The fourth-order valence-electron chi connectivity index (χ4n) is 5.11. The van der Waals surface area contributed by atoms with Crippen LogP contribution in [0.2, 0.25) is 0 Å². The summed E-state index contributed by atoms with van der Waals surface area (Å²) < 4.78 is 16.7. The summed E-state index contributed by atoms with van der Waals surface area (Å²) in [5.41, 5.74) is 1.69. The van der Waals surface area contributed by atoms with E-state index in [1.807, 2.05) is 0 Å². The molecule has 2 saturated heterocycles. The van der Waals surface area contributed by atoms with Crippen LogP contribution in [0.1, 0.15) is 65.2 Å². The maximum Gasteiger partial charge on any atom is 0.0650 e.